The first-order valence-electron chi connectivity index (χ1n) is 23.2. The maximum Gasteiger partial charge on any atom is 0.149 e. The summed E-state index contributed by atoms with van der Waals surface area (Å²) >= 11 is 0. The maximum atomic E-state index is 11.5. The van der Waals surface area contributed by atoms with Gasteiger partial charge in [0, 0.05) is 27.0 Å². The summed E-state index contributed by atoms with van der Waals surface area (Å²) in [6.07, 6.45) is 1.57. The highest BCUT2D eigenvalue weighted by atomic mass is 16.3. The van der Waals surface area contributed by atoms with E-state index in [1.54, 1.807) is 30.5 Å². The summed E-state index contributed by atoms with van der Waals surface area (Å²) in [5.74, 6) is 0.687. The van der Waals surface area contributed by atoms with Crippen LogP contribution in [0.2, 0.25) is 0 Å². The van der Waals surface area contributed by atoms with Crippen molar-refractivity contribution in [3.63, 3.8) is 0 Å². The van der Waals surface area contributed by atoms with Gasteiger partial charge >= 0.3 is 0 Å². The average molecular weight is 767 g/mol. The van der Waals surface area contributed by atoms with E-state index >= 15 is 0 Å². The van der Waals surface area contributed by atoms with Crippen molar-refractivity contribution in [2.45, 2.75) is 73.1 Å². The highest BCUT2D eigenvalue weighted by molar-refractivity contribution is 5.97. The number of phenols is 1. The Hall–Kier alpha value is -6.26. The van der Waals surface area contributed by atoms with Crippen molar-refractivity contribution in [1.82, 2.24) is 14.5 Å². The van der Waals surface area contributed by atoms with E-state index in [4.69, 9.17) is 19.6 Å². The van der Waals surface area contributed by atoms with Gasteiger partial charge in [-0.25, -0.2) is 4.98 Å². The number of hydrogen-bond donors (Lipinski definition) is 1. The van der Waals surface area contributed by atoms with E-state index in [2.05, 4.69) is 108 Å². The fourth-order valence-electron chi connectivity index (χ4n) is 7.39. The van der Waals surface area contributed by atoms with Crippen molar-refractivity contribution in [3.05, 3.63) is 168 Å². The van der Waals surface area contributed by atoms with Gasteiger partial charge in [0.15, 0.2) is 0 Å². The summed E-state index contributed by atoms with van der Waals surface area (Å²) in [4.78, 5) is 10.2. The molecule has 0 aliphatic rings. The molecule has 2 aromatic heterocycles. The molecule has 6 aromatic carbocycles. The van der Waals surface area contributed by atoms with E-state index in [1.807, 2.05) is 48.5 Å². The predicted molar refractivity (Wildman–Crippen MR) is 244 cm³/mol. The van der Waals surface area contributed by atoms with Gasteiger partial charge < -0.3 is 5.11 Å². The van der Waals surface area contributed by atoms with Crippen LogP contribution in [0.3, 0.4) is 0 Å². The highest BCUT2D eigenvalue weighted by Crippen LogP contribution is 2.45. The Morgan fingerprint density at radius 3 is 2.00 bits per heavy atom. The fraction of sp³-hybridized carbons (Fsp3) is 0.222. The van der Waals surface area contributed by atoms with E-state index in [0.717, 1.165) is 50.1 Å². The molecule has 0 saturated carbocycles. The van der Waals surface area contributed by atoms with Crippen LogP contribution in [0.4, 0.5) is 0 Å². The zero-order valence-corrected chi connectivity index (χ0v) is 34.4. The number of benzene rings is 6. The summed E-state index contributed by atoms with van der Waals surface area (Å²) in [7, 11) is 0. The minimum atomic E-state index is -2.81. The predicted octanol–water partition coefficient (Wildman–Crippen LogP) is 14.4. The molecule has 2 heterocycles. The second-order valence-corrected chi connectivity index (χ2v) is 17.7. The van der Waals surface area contributed by atoms with Gasteiger partial charge in [-0.3, -0.25) is 9.55 Å². The van der Waals surface area contributed by atoms with Gasteiger partial charge in [-0.2, -0.15) is 0 Å². The molecule has 0 radical (unpaired) electrons. The van der Waals surface area contributed by atoms with Gasteiger partial charge in [0.1, 0.15) is 11.6 Å². The molecular formula is C54H53N3O. The van der Waals surface area contributed by atoms with Crippen molar-refractivity contribution in [3.8, 4) is 67.5 Å². The number of nitrogens with zero attached hydrogens (tertiary/aromatic N) is 3. The number of fused-ring (bicyclic) bond motifs is 1. The topological polar surface area (TPSA) is 50.9 Å². The third-order valence-electron chi connectivity index (χ3n) is 11.8. The number of aromatic hydroxyl groups is 1. The van der Waals surface area contributed by atoms with E-state index in [9.17, 15) is 5.11 Å². The molecule has 1 N–H and O–H groups in total. The molecular weight excluding hydrogens is 707 g/mol. The fourth-order valence-corrected chi connectivity index (χ4v) is 7.39. The van der Waals surface area contributed by atoms with Gasteiger partial charge in [-0.05, 0) is 111 Å². The van der Waals surface area contributed by atoms with E-state index in [1.165, 1.54) is 5.56 Å². The van der Waals surface area contributed by atoms with Gasteiger partial charge in [0.05, 0.1) is 33.5 Å². The lowest BCUT2D eigenvalue weighted by Gasteiger charge is -2.40. The van der Waals surface area contributed by atoms with E-state index < -0.39 is 36.6 Å². The molecule has 0 bridgehead atoms. The van der Waals surface area contributed by atoms with Crippen LogP contribution in [0.5, 0.6) is 5.75 Å². The van der Waals surface area contributed by atoms with Crippen LogP contribution in [0.25, 0.3) is 72.7 Å². The second-order valence-electron chi connectivity index (χ2n) is 17.7. The smallest absolute Gasteiger partial charge is 0.149 e. The molecule has 0 atom stereocenters. The molecule has 8 aromatic rings. The van der Waals surface area contributed by atoms with Gasteiger partial charge in [-0.1, -0.05) is 152 Å². The van der Waals surface area contributed by atoms with Gasteiger partial charge in [0.25, 0.3) is 0 Å². The lowest BCUT2D eigenvalue weighted by molar-refractivity contribution is 0.225. The molecule has 4 nitrogen and oxygen atoms in total. The Balaban J connectivity index is 1.38. The normalized spacial score (nSPS) is 14.2. The minimum absolute atomic E-state index is 0.000672. The minimum Gasteiger partial charge on any atom is -0.507 e. The zero-order chi connectivity index (χ0) is 47.0. The Labute approximate surface area is 353 Å². The first kappa shape index (κ1) is 30.8. The maximum absolute atomic E-state index is 11.5. The molecule has 290 valence electrons. The molecule has 0 unspecified atom stereocenters. The summed E-state index contributed by atoms with van der Waals surface area (Å²) in [5, 5.41) is 11.5. The summed E-state index contributed by atoms with van der Waals surface area (Å²) in [5.41, 5.74) is 9.64. The molecule has 0 spiro atoms. The van der Waals surface area contributed by atoms with Crippen LogP contribution in [-0.4, -0.2) is 19.6 Å². The van der Waals surface area contributed by atoms with Crippen LogP contribution < -0.4 is 0 Å². The van der Waals surface area contributed by atoms with Crippen molar-refractivity contribution >= 4 is 11.0 Å². The third kappa shape index (κ3) is 7.13. The summed E-state index contributed by atoms with van der Waals surface area (Å²) in [6, 6.07) is 38.0. The van der Waals surface area contributed by atoms with Crippen LogP contribution >= 0.6 is 0 Å². The van der Waals surface area contributed by atoms with Crippen LogP contribution in [-0.2, 0) is 10.8 Å². The van der Waals surface area contributed by atoms with Crippen LogP contribution in [0.15, 0.2) is 152 Å². The zero-order valence-electron chi connectivity index (χ0n) is 41.4. The van der Waals surface area contributed by atoms with Gasteiger partial charge in [-0.15, -0.1) is 0 Å². The standard InChI is InChI=1S/C54H53N3O/c1-35-22-24-36(25-23-35)38-28-29-55-46(33-38)40-30-39(31-42(32-40)52(2,3)4)43-19-15-20-48-50(43)56-51(44-18-13-14-21-49(44)58)57(48)47-27-26-41(54(8,9)53(5,6)7)34-45(47)37-16-11-10-12-17-37/h10-34,58H,1-9H3/i1D3,22D,23D,24D,25D. The van der Waals surface area contributed by atoms with E-state index in [0.29, 0.717) is 22.6 Å². The van der Waals surface area contributed by atoms with Crippen molar-refractivity contribution in [2.75, 3.05) is 0 Å². The Kier molecular flexibility index (Phi) is 7.76. The quantitative estimate of drug-likeness (QED) is 0.176. The molecule has 58 heavy (non-hydrogen) atoms. The van der Waals surface area contributed by atoms with Crippen molar-refractivity contribution < 1.29 is 14.7 Å². The lowest BCUT2D eigenvalue weighted by Crippen LogP contribution is -2.34. The average Bonchev–Trinajstić information content (AvgIpc) is 3.64. The lowest BCUT2D eigenvalue weighted by atomic mass is 9.65. The number of imidazole rings is 1. The highest BCUT2D eigenvalue weighted by Gasteiger charge is 2.35. The number of rotatable bonds is 7. The Bertz CT molecular complexity index is 3110. The molecule has 0 aliphatic heterocycles. The van der Waals surface area contributed by atoms with Crippen molar-refractivity contribution in [1.29, 1.82) is 0 Å². The summed E-state index contributed by atoms with van der Waals surface area (Å²) < 4.78 is 60.5. The van der Waals surface area contributed by atoms with Gasteiger partial charge in [0.2, 0.25) is 0 Å². The van der Waals surface area contributed by atoms with Crippen LogP contribution in [0, 0.1) is 12.3 Å². The van der Waals surface area contributed by atoms with E-state index in [-0.39, 0.29) is 27.6 Å². The second kappa shape index (κ2) is 14.6. The van der Waals surface area contributed by atoms with Crippen molar-refractivity contribution in [2.24, 2.45) is 5.41 Å². The molecule has 4 heteroatoms. The monoisotopic (exact) mass is 766 g/mol. The largest absolute Gasteiger partial charge is 0.507 e. The molecule has 0 amide bonds. The molecule has 0 fully saturated rings. The van der Waals surface area contributed by atoms with Crippen LogP contribution in [0.1, 0.15) is 81.7 Å². The third-order valence-corrected chi connectivity index (χ3v) is 11.8. The SMILES string of the molecule is [2H]c1c([2H])c(C([2H])([2H])[2H])c([2H])c([2H])c1-c1ccnc(-c2cc(-c3cccc4c3nc(-c3ccccc3O)n4-c3ccc(C(C)(C)C(C)(C)C)cc3-c3ccccc3)cc(C(C)(C)C)c2)c1. The Morgan fingerprint density at radius 2 is 1.29 bits per heavy atom. The number of aromatic nitrogens is 3. The number of pyridine rings is 1. The first-order chi connectivity index (χ1) is 30.5. The molecule has 8 rings (SSSR count). The first-order valence-corrected chi connectivity index (χ1v) is 19.7. The number of hydrogen-bond acceptors (Lipinski definition) is 3. The Morgan fingerprint density at radius 1 is 0.586 bits per heavy atom. The number of para-hydroxylation sites is 2. The number of phenolic OH excluding ortho intramolecular Hbond substituents is 1. The summed E-state index contributed by atoms with van der Waals surface area (Å²) in [6.45, 7) is 15.0. The molecule has 0 aliphatic carbocycles. The molecule has 0 saturated heterocycles.